The second-order valence-corrected chi connectivity index (χ2v) is 13.7. The molecule has 2 atom stereocenters. The highest BCUT2D eigenvalue weighted by molar-refractivity contribution is 5.82. The van der Waals surface area contributed by atoms with Crippen LogP contribution in [0, 0.1) is 51.1 Å². The standard InChI is InChI=1S/C38H45F6N3O4/c1-8-51-31(49)18-28(33-35(40)23(6)16-26(36(33)41)32-21(4)15-22(5)34(39)24(32)7)45-37(50)29(14-20(2)3)47-19-25(10-13-46-11-9-12-46)27(17-30(47)48)38(42,43)44/h15-17,19-20,28-29H,8-14,18H2,1-7H3,(H,45,50)/t28-,29?/m0/s1. The molecule has 0 spiro atoms. The van der Waals surface area contributed by atoms with Crippen LogP contribution < -0.4 is 10.9 Å². The van der Waals surface area contributed by atoms with E-state index in [0.29, 0.717) is 23.7 Å². The van der Waals surface area contributed by atoms with Crippen molar-refractivity contribution in [2.75, 3.05) is 26.2 Å². The fourth-order valence-corrected chi connectivity index (χ4v) is 6.72. The van der Waals surface area contributed by atoms with Gasteiger partial charge in [-0.25, -0.2) is 13.2 Å². The highest BCUT2D eigenvalue weighted by atomic mass is 19.4. The summed E-state index contributed by atoms with van der Waals surface area (Å²) in [6, 6.07) is 0.158. The van der Waals surface area contributed by atoms with Crippen molar-refractivity contribution >= 4 is 11.9 Å². The highest BCUT2D eigenvalue weighted by Crippen LogP contribution is 2.38. The first-order valence-electron chi connectivity index (χ1n) is 17.1. The Kier molecular flexibility index (Phi) is 12.5. The average molecular weight is 722 g/mol. The van der Waals surface area contributed by atoms with Gasteiger partial charge in [-0.1, -0.05) is 19.9 Å². The van der Waals surface area contributed by atoms with Crippen LogP contribution in [0.1, 0.15) is 91.1 Å². The number of halogens is 6. The first-order valence-corrected chi connectivity index (χ1v) is 17.1. The predicted molar refractivity (Wildman–Crippen MR) is 182 cm³/mol. The van der Waals surface area contributed by atoms with Crippen molar-refractivity contribution in [3.63, 3.8) is 0 Å². The van der Waals surface area contributed by atoms with Crippen molar-refractivity contribution in [1.29, 1.82) is 0 Å². The number of esters is 1. The number of aromatic nitrogens is 1. The number of rotatable bonds is 13. The van der Waals surface area contributed by atoms with Gasteiger partial charge in [0.1, 0.15) is 23.5 Å². The van der Waals surface area contributed by atoms with E-state index in [-0.39, 0.29) is 53.2 Å². The van der Waals surface area contributed by atoms with E-state index in [9.17, 15) is 27.6 Å². The molecule has 3 aromatic rings. The topological polar surface area (TPSA) is 80.6 Å². The third-order valence-corrected chi connectivity index (χ3v) is 9.35. The molecule has 13 heteroatoms. The molecule has 1 aliphatic rings. The highest BCUT2D eigenvalue weighted by Gasteiger charge is 2.37. The van der Waals surface area contributed by atoms with Gasteiger partial charge < -0.3 is 19.5 Å². The quantitative estimate of drug-likeness (QED) is 0.144. The lowest BCUT2D eigenvalue weighted by Gasteiger charge is -2.31. The summed E-state index contributed by atoms with van der Waals surface area (Å²) >= 11 is 0. The van der Waals surface area contributed by atoms with Gasteiger partial charge in [0.2, 0.25) is 5.91 Å². The molecule has 0 saturated carbocycles. The van der Waals surface area contributed by atoms with E-state index >= 15 is 13.2 Å². The maximum atomic E-state index is 16.7. The van der Waals surface area contributed by atoms with E-state index in [1.54, 1.807) is 27.7 Å². The summed E-state index contributed by atoms with van der Waals surface area (Å²) in [5.41, 5.74) is -2.07. The lowest BCUT2D eigenvalue weighted by molar-refractivity contribution is -0.144. The van der Waals surface area contributed by atoms with Crippen molar-refractivity contribution in [2.24, 2.45) is 5.92 Å². The molecule has 1 N–H and O–H groups in total. The summed E-state index contributed by atoms with van der Waals surface area (Å²) in [6.07, 6.45) is -3.62. The van der Waals surface area contributed by atoms with Gasteiger partial charge in [0, 0.05) is 29.9 Å². The molecule has 2 aromatic carbocycles. The molecule has 51 heavy (non-hydrogen) atoms. The minimum Gasteiger partial charge on any atom is -0.466 e. The van der Waals surface area contributed by atoms with E-state index < -0.39 is 70.7 Å². The maximum absolute atomic E-state index is 16.7. The second-order valence-electron chi connectivity index (χ2n) is 13.7. The van der Waals surface area contributed by atoms with E-state index in [0.717, 1.165) is 30.3 Å². The predicted octanol–water partition coefficient (Wildman–Crippen LogP) is 7.83. The van der Waals surface area contributed by atoms with Crippen molar-refractivity contribution < 1.29 is 40.7 Å². The fourth-order valence-electron chi connectivity index (χ4n) is 6.72. The lowest BCUT2D eigenvalue weighted by Crippen LogP contribution is -2.41. The Morgan fingerprint density at radius 3 is 2.16 bits per heavy atom. The molecule has 0 aliphatic carbocycles. The summed E-state index contributed by atoms with van der Waals surface area (Å²) < 4.78 is 96.0. The summed E-state index contributed by atoms with van der Waals surface area (Å²) in [6.45, 7) is 12.8. The van der Waals surface area contributed by atoms with Crippen LogP contribution in [0.25, 0.3) is 11.1 Å². The SMILES string of the molecule is CCOC(=O)C[C@H](NC(=O)C(CC(C)C)n1cc(CCN2CCC2)c(C(F)(F)F)cc1=O)c1c(F)c(C)cc(-c2c(C)cc(C)c(F)c2C)c1F. The van der Waals surface area contributed by atoms with Crippen LogP contribution in [0.3, 0.4) is 0 Å². The molecule has 2 heterocycles. The van der Waals surface area contributed by atoms with Gasteiger partial charge in [0.15, 0.2) is 0 Å². The normalized spacial score (nSPS) is 14.7. The van der Waals surface area contributed by atoms with Crippen LogP contribution >= 0.6 is 0 Å². The third-order valence-electron chi connectivity index (χ3n) is 9.35. The number of aryl methyl sites for hydroxylation is 3. The number of likely N-dealkylation sites (tertiary alicyclic amines) is 1. The van der Waals surface area contributed by atoms with E-state index in [2.05, 4.69) is 5.32 Å². The number of carbonyl (C=O) groups is 2. The molecule has 0 radical (unpaired) electrons. The molecule has 1 fully saturated rings. The number of benzene rings is 2. The largest absolute Gasteiger partial charge is 0.466 e. The molecule has 0 bridgehead atoms. The second kappa shape index (κ2) is 16.0. The zero-order valence-electron chi connectivity index (χ0n) is 30.0. The van der Waals surface area contributed by atoms with E-state index in [1.165, 1.54) is 32.9 Å². The fraction of sp³-hybridized carbons (Fsp3) is 0.500. The van der Waals surface area contributed by atoms with Crippen LogP contribution in [-0.4, -0.2) is 47.6 Å². The zero-order valence-corrected chi connectivity index (χ0v) is 30.0. The zero-order chi connectivity index (χ0) is 37.9. The van der Waals surface area contributed by atoms with Crippen LogP contribution in [0.2, 0.25) is 0 Å². The number of amides is 1. The number of ether oxygens (including phenoxy) is 1. The summed E-state index contributed by atoms with van der Waals surface area (Å²) in [5, 5.41) is 2.54. The first-order chi connectivity index (χ1) is 23.8. The minimum absolute atomic E-state index is 0.0279. The van der Waals surface area contributed by atoms with Gasteiger partial charge in [-0.15, -0.1) is 0 Å². The third kappa shape index (κ3) is 8.85. The van der Waals surface area contributed by atoms with Gasteiger partial charge in [-0.3, -0.25) is 14.4 Å². The van der Waals surface area contributed by atoms with E-state index in [4.69, 9.17) is 4.74 Å². The molecule has 1 saturated heterocycles. The Balaban J connectivity index is 1.85. The Hall–Kier alpha value is -4.13. The van der Waals surface area contributed by atoms with Gasteiger partial charge in [0.05, 0.1) is 24.6 Å². The Morgan fingerprint density at radius 2 is 1.59 bits per heavy atom. The maximum Gasteiger partial charge on any atom is 0.416 e. The first kappa shape index (κ1) is 39.7. The molecular weight excluding hydrogens is 676 g/mol. The van der Waals surface area contributed by atoms with Gasteiger partial charge >= 0.3 is 12.1 Å². The van der Waals surface area contributed by atoms with Crippen LogP contribution in [0.4, 0.5) is 26.3 Å². The number of hydrogen-bond acceptors (Lipinski definition) is 5. The number of alkyl halides is 3. The molecule has 4 rings (SSSR count). The monoisotopic (exact) mass is 721 g/mol. The van der Waals surface area contributed by atoms with Gasteiger partial charge in [-0.05, 0) is 112 Å². The van der Waals surface area contributed by atoms with Crippen molar-refractivity contribution in [3.05, 3.63) is 91.1 Å². The smallest absolute Gasteiger partial charge is 0.416 e. The lowest BCUT2D eigenvalue weighted by atomic mass is 9.88. The summed E-state index contributed by atoms with van der Waals surface area (Å²) in [7, 11) is 0. The van der Waals surface area contributed by atoms with Crippen molar-refractivity contribution in [1.82, 2.24) is 14.8 Å². The molecule has 1 amide bonds. The Morgan fingerprint density at radius 1 is 0.941 bits per heavy atom. The molecule has 1 aliphatic heterocycles. The van der Waals surface area contributed by atoms with Crippen LogP contribution in [0.5, 0.6) is 0 Å². The number of nitrogens with zero attached hydrogens (tertiary/aromatic N) is 2. The Labute approximate surface area is 294 Å². The molecule has 1 aromatic heterocycles. The average Bonchev–Trinajstić information content (AvgIpc) is 3.00. The van der Waals surface area contributed by atoms with Gasteiger partial charge in [0.25, 0.3) is 5.56 Å². The van der Waals surface area contributed by atoms with Gasteiger partial charge in [-0.2, -0.15) is 13.2 Å². The summed E-state index contributed by atoms with van der Waals surface area (Å²) in [4.78, 5) is 42.3. The molecule has 278 valence electrons. The summed E-state index contributed by atoms with van der Waals surface area (Å²) in [5.74, 6) is -4.86. The molecule has 1 unspecified atom stereocenters. The number of nitrogens with one attached hydrogen (secondary N) is 1. The molecule has 7 nitrogen and oxygen atoms in total. The Bertz CT molecular complexity index is 1850. The number of hydrogen-bond donors (Lipinski definition) is 1. The van der Waals surface area contributed by atoms with Crippen molar-refractivity contribution in [3.8, 4) is 11.1 Å². The van der Waals surface area contributed by atoms with Crippen LogP contribution in [-0.2, 0) is 26.9 Å². The minimum atomic E-state index is -4.82. The number of carbonyl (C=O) groups excluding carboxylic acids is 2. The van der Waals surface area contributed by atoms with E-state index in [1.807, 2.05) is 4.90 Å². The van der Waals surface area contributed by atoms with Crippen molar-refractivity contribution in [2.45, 2.75) is 92.4 Å². The van der Waals surface area contributed by atoms with Crippen LogP contribution in [0.15, 0.2) is 29.2 Å². The molecular formula is C38H45F6N3O4. The number of pyridine rings is 1.